The molecule has 0 spiro atoms. The number of hydrogen-bond acceptors (Lipinski definition) is 1. The van der Waals surface area contributed by atoms with Crippen LogP contribution in [0.2, 0.25) is 0 Å². The Morgan fingerprint density at radius 3 is 2.43 bits per heavy atom. The number of alkyl halides is 1. The van der Waals surface area contributed by atoms with Crippen LogP contribution in [-0.4, -0.2) is 6.61 Å². The first-order chi connectivity index (χ1) is 10.1. The van der Waals surface area contributed by atoms with Crippen molar-refractivity contribution in [3.8, 4) is 5.75 Å². The first kappa shape index (κ1) is 18.8. The molecule has 0 aliphatic rings. The third-order valence-corrected chi connectivity index (χ3v) is 5.21. The Bertz CT molecular complexity index is 414. The number of unbranched alkanes of at least 4 members (excludes halogenated alkanes) is 3. The lowest BCUT2D eigenvalue weighted by atomic mass is 9.97. The van der Waals surface area contributed by atoms with Crippen LogP contribution >= 0.6 is 22.6 Å². The average Bonchev–Trinajstić information content (AvgIpc) is 2.46. The van der Waals surface area contributed by atoms with Crippen LogP contribution < -0.4 is 4.74 Å². The predicted octanol–water partition coefficient (Wildman–Crippen LogP) is 6.79. The van der Waals surface area contributed by atoms with Crippen molar-refractivity contribution in [1.29, 1.82) is 0 Å². The average molecular weight is 402 g/mol. The van der Waals surface area contributed by atoms with Crippen LogP contribution in [0.4, 0.5) is 0 Å². The molecule has 1 aromatic carbocycles. The molecule has 0 radical (unpaired) electrons. The minimum atomic E-state index is 0.622. The van der Waals surface area contributed by atoms with Crippen LogP contribution in [0.25, 0.3) is 0 Å². The lowest BCUT2D eigenvalue weighted by Gasteiger charge is -2.18. The van der Waals surface area contributed by atoms with Crippen LogP contribution in [0.15, 0.2) is 12.1 Å². The van der Waals surface area contributed by atoms with E-state index in [1.54, 1.807) is 0 Å². The van der Waals surface area contributed by atoms with E-state index in [0.29, 0.717) is 3.92 Å². The van der Waals surface area contributed by atoms with Gasteiger partial charge in [-0.2, -0.15) is 0 Å². The van der Waals surface area contributed by atoms with Crippen molar-refractivity contribution in [3.63, 3.8) is 0 Å². The molecule has 0 heterocycles. The van der Waals surface area contributed by atoms with Crippen LogP contribution in [0.5, 0.6) is 5.75 Å². The zero-order chi connectivity index (χ0) is 15.7. The molecule has 0 saturated heterocycles. The molecule has 0 aromatic heterocycles. The highest BCUT2D eigenvalue weighted by molar-refractivity contribution is 14.1. The van der Waals surface area contributed by atoms with Gasteiger partial charge < -0.3 is 4.74 Å². The number of rotatable bonds is 10. The van der Waals surface area contributed by atoms with Gasteiger partial charge in [0.2, 0.25) is 0 Å². The smallest absolute Gasteiger partial charge is 0.125 e. The van der Waals surface area contributed by atoms with E-state index in [1.165, 1.54) is 55.2 Å². The molecule has 120 valence electrons. The van der Waals surface area contributed by atoms with E-state index in [-0.39, 0.29) is 0 Å². The molecule has 0 aliphatic heterocycles. The van der Waals surface area contributed by atoms with E-state index in [2.05, 4.69) is 62.4 Å². The summed E-state index contributed by atoms with van der Waals surface area (Å²) in [6.45, 7) is 9.55. The predicted molar refractivity (Wildman–Crippen MR) is 102 cm³/mol. The summed E-state index contributed by atoms with van der Waals surface area (Å²) in [7, 11) is 0. The minimum Gasteiger partial charge on any atom is -0.493 e. The largest absolute Gasteiger partial charge is 0.493 e. The SMILES string of the molecule is CCCCCCc1cc(C(I)CCC)cc(C)c1OCC. The molecule has 1 aromatic rings. The highest BCUT2D eigenvalue weighted by Crippen LogP contribution is 2.35. The van der Waals surface area contributed by atoms with Gasteiger partial charge in [0.15, 0.2) is 0 Å². The highest BCUT2D eigenvalue weighted by atomic mass is 127. The van der Waals surface area contributed by atoms with E-state index in [9.17, 15) is 0 Å². The maximum Gasteiger partial charge on any atom is 0.125 e. The van der Waals surface area contributed by atoms with Gasteiger partial charge in [-0.05, 0) is 49.8 Å². The molecule has 0 N–H and O–H groups in total. The van der Waals surface area contributed by atoms with Crippen molar-refractivity contribution in [2.24, 2.45) is 0 Å². The Hall–Kier alpha value is -0.250. The van der Waals surface area contributed by atoms with Crippen LogP contribution in [0.1, 0.15) is 79.9 Å². The summed E-state index contributed by atoms with van der Waals surface area (Å²) in [6.07, 6.45) is 8.88. The zero-order valence-corrected chi connectivity index (χ0v) is 16.3. The summed E-state index contributed by atoms with van der Waals surface area (Å²) in [6, 6.07) is 4.73. The van der Waals surface area contributed by atoms with Gasteiger partial charge >= 0.3 is 0 Å². The maximum atomic E-state index is 5.92. The van der Waals surface area contributed by atoms with Crippen LogP contribution in [0.3, 0.4) is 0 Å². The van der Waals surface area contributed by atoms with E-state index >= 15 is 0 Å². The van der Waals surface area contributed by atoms with Crippen LogP contribution in [-0.2, 0) is 6.42 Å². The Morgan fingerprint density at radius 2 is 1.81 bits per heavy atom. The number of halogens is 1. The molecule has 0 bridgehead atoms. The standard InChI is InChI=1S/C19H31IO/c1-5-8-9-10-12-16-14-17(18(20)11-6-2)13-15(4)19(16)21-7-3/h13-14,18H,5-12H2,1-4H3. The summed E-state index contributed by atoms with van der Waals surface area (Å²) >= 11 is 2.58. The number of benzene rings is 1. The molecular weight excluding hydrogens is 371 g/mol. The van der Waals surface area contributed by atoms with Crippen molar-refractivity contribution in [1.82, 2.24) is 0 Å². The Kier molecular flexibility index (Phi) is 9.37. The van der Waals surface area contributed by atoms with Gasteiger partial charge in [0.1, 0.15) is 5.75 Å². The molecule has 1 unspecified atom stereocenters. The van der Waals surface area contributed by atoms with E-state index in [4.69, 9.17) is 4.74 Å². The molecule has 2 heteroatoms. The Morgan fingerprint density at radius 1 is 1.05 bits per heavy atom. The molecule has 21 heavy (non-hydrogen) atoms. The summed E-state index contributed by atoms with van der Waals surface area (Å²) in [5.41, 5.74) is 4.20. The van der Waals surface area contributed by atoms with Gasteiger partial charge in [0, 0.05) is 3.92 Å². The van der Waals surface area contributed by atoms with E-state index < -0.39 is 0 Å². The lowest BCUT2D eigenvalue weighted by Crippen LogP contribution is -2.02. The summed E-state index contributed by atoms with van der Waals surface area (Å²) in [4.78, 5) is 0. The summed E-state index contributed by atoms with van der Waals surface area (Å²) in [5.74, 6) is 1.14. The second kappa shape index (κ2) is 10.5. The normalized spacial score (nSPS) is 12.4. The summed E-state index contributed by atoms with van der Waals surface area (Å²) < 4.78 is 6.54. The molecule has 0 fully saturated rings. The molecule has 0 aliphatic carbocycles. The van der Waals surface area contributed by atoms with Gasteiger partial charge in [-0.15, -0.1) is 0 Å². The first-order valence-electron chi connectivity index (χ1n) is 8.54. The Labute approximate surface area is 145 Å². The van der Waals surface area contributed by atoms with Gasteiger partial charge in [0.25, 0.3) is 0 Å². The monoisotopic (exact) mass is 402 g/mol. The van der Waals surface area contributed by atoms with E-state index in [1.807, 2.05) is 0 Å². The quantitative estimate of drug-likeness (QED) is 0.238. The number of aryl methyl sites for hydroxylation is 2. The van der Waals surface area contributed by atoms with Crippen LogP contribution in [0, 0.1) is 6.92 Å². The van der Waals surface area contributed by atoms with Gasteiger partial charge in [-0.25, -0.2) is 0 Å². The molecule has 0 saturated carbocycles. The van der Waals surface area contributed by atoms with Crippen molar-refractivity contribution >= 4 is 22.6 Å². The maximum absolute atomic E-state index is 5.92. The fourth-order valence-electron chi connectivity index (χ4n) is 2.76. The molecule has 0 amide bonds. The fraction of sp³-hybridized carbons (Fsp3) is 0.684. The van der Waals surface area contributed by atoms with Gasteiger partial charge in [-0.1, -0.05) is 74.3 Å². The fourth-order valence-corrected chi connectivity index (χ4v) is 3.74. The highest BCUT2D eigenvalue weighted by Gasteiger charge is 2.13. The molecule has 1 nitrogen and oxygen atoms in total. The molecule has 1 atom stereocenters. The molecular formula is C19H31IO. The second-order valence-corrected chi connectivity index (χ2v) is 7.33. The second-order valence-electron chi connectivity index (χ2n) is 5.83. The van der Waals surface area contributed by atoms with Crippen molar-refractivity contribution in [2.75, 3.05) is 6.61 Å². The number of ether oxygens (including phenoxy) is 1. The van der Waals surface area contributed by atoms with E-state index in [0.717, 1.165) is 18.8 Å². The number of hydrogen-bond donors (Lipinski definition) is 0. The Balaban J connectivity index is 2.92. The first-order valence-corrected chi connectivity index (χ1v) is 9.78. The lowest BCUT2D eigenvalue weighted by molar-refractivity contribution is 0.333. The van der Waals surface area contributed by atoms with Gasteiger partial charge in [-0.3, -0.25) is 0 Å². The third kappa shape index (κ3) is 6.17. The summed E-state index contributed by atoms with van der Waals surface area (Å²) in [5, 5.41) is 0. The molecule has 1 rings (SSSR count). The zero-order valence-electron chi connectivity index (χ0n) is 14.2. The van der Waals surface area contributed by atoms with Crippen molar-refractivity contribution < 1.29 is 4.74 Å². The minimum absolute atomic E-state index is 0.622. The van der Waals surface area contributed by atoms with Gasteiger partial charge in [0.05, 0.1) is 6.61 Å². The third-order valence-electron chi connectivity index (χ3n) is 3.87. The van der Waals surface area contributed by atoms with Crippen molar-refractivity contribution in [2.45, 2.75) is 76.6 Å². The van der Waals surface area contributed by atoms with Crippen molar-refractivity contribution in [3.05, 3.63) is 28.8 Å². The topological polar surface area (TPSA) is 9.23 Å².